The summed E-state index contributed by atoms with van der Waals surface area (Å²) in [5.41, 5.74) is 0. The van der Waals surface area contributed by atoms with Crippen LogP contribution < -0.4 is 0 Å². The van der Waals surface area contributed by atoms with E-state index in [9.17, 15) is 13.8 Å². The Morgan fingerprint density at radius 1 is 1.28 bits per heavy atom. The van der Waals surface area contributed by atoms with Crippen LogP contribution in [0.4, 0.5) is 0 Å². The summed E-state index contributed by atoms with van der Waals surface area (Å²) in [6, 6.07) is 0. The van der Waals surface area contributed by atoms with Crippen molar-refractivity contribution in [2.24, 2.45) is 5.92 Å². The molecule has 0 N–H and O–H groups in total. The van der Waals surface area contributed by atoms with Gasteiger partial charge in [0.1, 0.15) is 11.5 Å². The number of rotatable bonds is 5. The van der Waals surface area contributed by atoms with E-state index in [-0.39, 0.29) is 17.6 Å². The van der Waals surface area contributed by atoms with Crippen LogP contribution in [0.15, 0.2) is 0 Å². The van der Waals surface area contributed by atoms with Gasteiger partial charge in [-0.1, -0.05) is 0 Å². The number of Topliss-reactive ketones (excluding diaryl/α,β-unsaturated/α-hetero) is 1. The molecule has 1 saturated carbocycles. The van der Waals surface area contributed by atoms with E-state index in [0.29, 0.717) is 24.4 Å². The van der Waals surface area contributed by atoms with E-state index in [1.54, 1.807) is 4.90 Å². The first-order valence-electron chi connectivity index (χ1n) is 6.82. The van der Waals surface area contributed by atoms with E-state index in [1.165, 1.54) is 0 Å². The van der Waals surface area contributed by atoms with Crippen LogP contribution in [-0.2, 0) is 20.4 Å². The molecule has 1 heterocycles. The summed E-state index contributed by atoms with van der Waals surface area (Å²) in [6.07, 6.45) is 5.42. The molecule has 1 amide bonds. The Kier molecular flexibility index (Phi) is 4.92. The molecule has 0 aromatic heterocycles. The second-order valence-electron chi connectivity index (χ2n) is 5.22. The lowest BCUT2D eigenvalue weighted by Crippen LogP contribution is -2.32. The van der Waals surface area contributed by atoms with Crippen molar-refractivity contribution in [1.82, 2.24) is 4.90 Å². The molecule has 0 aromatic rings. The molecular formula is C13H21NO3S. The molecule has 2 fully saturated rings. The Labute approximate surface area is 111 Å². The van der Waals surface area contributed by atoms with Crippen molar-refractivity contribution in [3.05, 3.63) is 0 Å². The predicted octanol–water partition coefficient (Wildman–Crippen LogP) is 1.12. The Bertz CT molecular complexity index is 350. The molecule has 1 aliphatic heterocycles. The third-order valence-electron chi connectivity index (χ3n) is 3.87. The molecule has 1 aliphatic carbocycles. The van der Waals surface area contributed by atoms with E-state index < -0.39 is 10.8 Å². The molecule has 5 heteroatoms. The number of hydrogen-bond acceptors (Lipinski definition) is 3. The Morgan fingerprint density at radius 2 is 2.00 bits per heavy atom. The van der Waals surface area contributed by atoms with Crippen molar-refractivity contribution >= 4 is 22.5 Å². The van der Waals surface area contributed by atoms with Crippen LogP contribution in [0.5, 0.6) is 0 Å². The molecule has 2 atom stereocenters. The first kappa shape index (κ1) is 13.7. The molecule has 18 heavy (non-hydrogen) atoms. The van der Waals surface area contributed by atoms with Gasteiger partial charge in [-0.15, -0.1) is 0 Å². The molecule has 2 aliphatic rings. The summed E-state index contributed by atoms with van der Waals surface area (Å²) < 4.78 is 11.8. The topological polar surface area (TPSA) is 54.5 Å². The van der Waals surface area contributed by atoms with Crippen LogP contribution in [0, 0.1) is 5.92 Å². The lowest BCUT2D eigenvalue weighted by molar-refractivity contribution is -0.127. The first-order valence-corrected chi connectivity index (χ1v) is 8.31. The summed E-state index contributed by atoms with van der Waals surface area (Å²) >= 11 is 0. The molecule has 0 aromatic carbocycles. The van der Waals surface area contributed by atoms with Gasteiger partial charge in [-0.05, 0) is 32.1 Å². The summed E-state index contributed by atoms with van der Waals surface area (Å²) in [4.78, 5) is 25.0. The largest absolute Gasteiger partial charge is 0.342 e. The van der Waals surface area contributed by atoms with Gasteiger partial charge in [-0.2, -0.15) is 0 Å². The Balaban J connectivity index is 1.68. The maximum atomic E-state index is 11.8. The molecule has 1 saturated heterocycles. The van der Waals surface area contributed by atoms with Gasteiger partial charge in [0.2, 0.25) is 5.91 Å². The number of carbonyl (C=O) groups is 2. The molecule has 2 unspecified atom stereocenters. The van der Waals surface area contributed by atoms with E-state index in [2.05, 4.69) is 0 Å². The highest BCUT2D eigenvalue weighted by Crippen LogP contribution is 2.24. The van der Waals surface area contributed by atoms with Gasteiger partial charge in [-0.3, -0.25) is 13.8 Å². The van der Waals surface area contributed by atoms with Gasteiger partial charge in [0.05, 0.1) is 0 Å². The molecule has 102 valence electrons. The van der Waals surface area contributed by atoms with Gasteiger partial charge in [0.15, 0.2) is 0 Å². The molecular weight excluding hydrogens is 250 g/mol. The van der Waals surface area contributed by atoms with Crippen LogP contribution in [0.2, 0.25) is 0 Å². The monoisotopic (exact) mass is 271 g/mol. The van der Waals surface area contributed by atoms with Crippen LogP contribution in [0.3, 0.4) is 0 Å². The van der Waals surface area contributed by atoms with Gasteiger partial charge in [-0.25, -0.2) is 0 Å². The fourth-order valence-electron chi connectivity index (χ4n) is 2.73. The SMILES string of the molecule is O=C1CCCC1CCS(=O)CC(=O)N1CCCC1. The predicted molar refractivity (Wildman–Crippen MR) is 70.7 cm³/mol. The zero-order chi connectivity index (χ0) is 13.0. The highest BCUT2D eigenvalue weighted by Gasteiger charge is 2.25. The fraction of sp³-hybridized carbons (Fsp3) is 0.846. The summed E-state index contributed by atoms with van der Waals surface area (Å²) in [7, 11) is -1.10. The van der Waals surface area contributed by atoms with Crippen LogP contribution >= 0.6 is 0 Å². The van der Waals surface area contributed by atoms with E-state index >= 15 is 0 Å². The summed E-state index contributed by atoms with van der Waals surface area (Å²) in [5.74, 6) is 1.08. The van der Waals surface area contributed by atoms with Crippen molar-refractivity contribution in [3.8, 4) is 0 Å². The van der Waals surface area contributed by atoms with Gasteiger partial charge in [0.25, 0.3) is 0 Å². The maximum Gasteiger partial charge on any atom is 0.235 e. The lowest BCUT2D eigenvalue weighted by Gasteiger charge is -2.15. The number of nitrogens with zero attached hydrogens (tertiary/aromatic N) is 1. The van der Waals surface area contributed by atoms with Crippen molar-refractivity contribution in [1.29, 1.82) is 0 Å². The smallest absolute Gasteiger partial charge is 0.235 e. The quantitative estimate of drug-likeness (QED) is 0.753. The lowest BCUT2D eigenvalue weighted by atomic mass is 10.1. The molecule has 4 nitrogen and oxygen atoms in total. The van der Waals surface area contributed by atoms with Crippen LogP contribution in [0.1, 0.15) is 38.5 Å². The second-order valence-corrected chi connectivity index (χ2v) is 6.80. The van der Waals surface area contributed by atoms with Crippen LogP contribution in [0.25, 0.3) is 0 Å². The highest BCUT2D eigenvalue weighted by molar-refractivity contribution is 7.85. The standard InChI is InChI=1S/C13H21NO3S/c15-12-5-3-4-11(12)6-9-18(17)10-13(16)14-7-1-2-8-14/h11H,1-10H2. The van der Waals surface area contributed by atoms with Crippen molar-refractivity contribution < 1.29 is 13.8 Å². The normalized spacial score (nSPS) is 25.7. The molecule has 2 rings (SSSR count). The Hall–Kier alpha value is -0.710. The summed E-state index contributed by atoms with van der Waals surface area (Å²) in [5, 5.41) is 0. The third-order valence-corrected chi connectivity index (χ3v) is 5.13. The maximum absolute atomic E-state index is 11.8. The van der Waals surface area contributed by atoms with Crippen molar-refractivity contribution in [3.63, 3.8) is 0 Å². The number of amides is 1. The highest BCUT2D eigenvalue weighted by atomic mass is 32.2. The zero-order valence-corrected chi connectivity index (χ0v) is 11.5. The molecule has 0 bridgehead atoms. The van der Waals surface area contributed by atoms with Crippen molar-refractivity contribution in [2.45, 2.75) is 38.5 Å². The minimum atomic E-state index is -1.10. The van der Waals surface area contributed by atoms with E-state index in [4.69, 9.17) is 0 Å². The summed E-state index contributed by atoms with van der Waals surface area (Å²) in [6.45, 7) is 1.63. The average molecular weight is 271 g/mol. The number of ketones is 1. The number of likely N-dealkylation sites (tertiary alicyclic amines) is 1. The van der Waals surface area contributed by atoms with Gasteiger partial charge >= 0.3 is 0 Å². The fourth-order valence-corrected chi connectivity index (χ4v) is 3.88. The van der Waals surface area contributed by atoms with Crippen LogP contribution in [-0.4, -0.2) is 45.4 Å². The number of hydrogen-bond donors (Lipinski definition) is 0. The average Bonchev–Trinajstić information content (AvgIpc) is 2.97. The van der Waals surface area contributed by atoms with Gasteiger partial charge < -0.3 is 4.90 Å². The Morgan fingerprint density at radius 3 is 2.61 bits per heavy atom. The van der Waals surface area contributed by atoms with E-state index in [0.717, 1.165) is 38.8 Å². The zero-order valence-electron chi connectivity index (χ0n) is 10.7. The number of carbonyl (C=O) groups excluding carboxylic acids is 2. The molecule has 0 spiro atoms. The first-order chi connectivity index (χ1) is 8.66. The van der Waals surface area contributed by atoms with E-state index in [1.807, 2.05) is 0 Å². The van der Waals surface area contributed by atoms with Gasteiger partial charge in [0, 0.05) is 42.0 Å². The minimum Gasteiger partial charge on any atom is -0.342 e. The third kappa shape index (κ3) is 3.64. The molecule has 0 radical (unpaired) electrons. The minimum absolute atomic E-state index is 0.0172. The second kappa shape index (κ2) is 6.45. The van der Waals surface area contributed by atoms with Crippen molar-refractivity contribution in [2.75, 3.05) is 24.6 Å².